The van der Waals surface area contributed by atoms with Gasteiger partial charge in [-0.2, -0.15) is 0 Å². The fourth-order valence-corrected chi connectivity index (χ4v) is 4.22. The first-order chi connectivity index (χ1) is 18.4. The maximum atomic E-state index is 11.7. The van der Waals surface area contributed by atoms with Crippen molar-refractivity contribution in [2.75, 3.05) is 26.4 Å². The molecule has 10 N–H and O–H groups in total. The number of hydrogen-bond donors (Lipinski definition) is 11. The number of thiol groups is 1. The van der Waals surface area contributed by atoms with Crippen molar-refractivity contribution in [1.29, 1.82) is 0 Å². The third kappa shape index (κ3) is 8.85. The SMILES string of the molecule is CC(=O)NC1C(OS)OC(CO)C(OC(OC(CO)[C@@H](C)O)[C@@H](O)COC2OC(CO)C(O)C(O)C2O)C1O. The van der Waals surface area contributed by atoms with E-state index in [0.29, 0.717) is 0 Å². The third-order valence-corrected chi connectivity index (χ3v) is 6.45. The highest BCUT2D eigenvalue weighted by Crippen LogP contribution is 2.28. The molecule has 1 amide bonds. The van der Waals surface area contributed by atoms with Gasteiger partial charge < -0.3 is 75.0 Å². The fourth-order valence-electron chi connectivity index (χ4n) is 4.04. The predicted octanol–water partition coefficient (Wildman–Crippen LogP) is -5.92. The minimum atomic E-state index is -1.80. The summed E-state index contributed by atoms with van der Waals surface area (Å²) in [6.07, 6.45) is -20.0. The minimum absolute atomic E-state index is 0.575. The summed E-state index contributed by atoms with van der Waals surface area (Å²) in [6, 6.07) is -1.25. The van der Waals surface area contributed by atoms with Crippen molar-refractivity contribution in [2.24, 2.45) is 0 Å². The Morgan fingerprint density at radius 1 is 0.949 bits per heavy atom. The van der Waals surface area contributed by atoms with Crippen LogP contribution in [-0.4, -0.2) is 164 Å². The van der Waals surface area contributed by atoms with Crippen LogP contribution < -0.4 is 5.32 Å². The summed E-state index contributed by atoms with van der Waals surface area (Å²) in [5.41, 5.74) is 0. The van der Waals surface area contributed by atoms with Gasteiger partial charge in [-0.1, -0.05) is 0 Å². The molecule has 0 saturated carbocycles. The normalized spacial score (nSPS) is 38.6. The molecule has 0 aromatic carbocycles. The molecule has 230 valence electrons. The standard InChI is InChI=1S/C21H39NO16S/c1-7(26)10(3-23)34-19(9(28)6-33-21-17(32)16(31)14(29)11(4-24)35-21)37-18-12(5-25)36-20(38-39)13(15(18)30)22-8(2)27/h7,9-21,23-26,28-32,39H,3-6H2,1-2H3,(H,22,27)/t7-,9+,10?,11?,12?,13?,14?,15?,16?,17?,18?,19?,20?,21?/m1/s1. The average molecular weight is 594 g/mol. The van der Waals surface area contributed by atoms with E-state index in [1.165, 1.54) is 6.92 Å². The number of hydrogen-bond acceptors (Lipinski definition) is 17. The Bertz CT molecular complexity index is 736. The van der Waals surface area contributed by atoms with Crippen molar-refractivity contribution in [3.63, 3.8) is 0 Å². The van der Waals surface area contributed by atoms with Gasteiger partial charge in [0.25, 0.3) is 0 Å². The minimum Gasteiger partial charge on any atom is -0.394 e. The lowest BCUT2D eigenvalue weighted by molar-refractivity contribution is -0.329. The van der Waals surface area contributed by atoms with Gasteiger partial charge in [0.2, 0.25) is 5.91 Å². The summed E-state index contributed by atoms with van der Waals surface area (Å²) in [6.45, 7) is -0.469. The molecule has 17 nitrogen and oxygen atoms in total. The molecule has 0 aromatic rings. The second kappa shape index (κ2) is 16.0. The first kappa shape index (κ1) is 34.4. The molecule has 2 fully saturated rings. The molecule has 14 atom stereocenters. The quantitative estimate of drug-likeness (QED) is 0.0508. The van der Waals surface area contributed by atoms with Gasteiger partial charge in [-0.25, -0.2) is 0 Å². The lowest BCUT2D eigenvalue weighted by Gasteiger charge is -2.45. The van der Waals surface area contributed by atoms with Crippen molar-refractivity contribution in [3.05, 3.63) is 0 Å². The second-order valence-corrected chi connectivity index (χ2v) is 9.42. The number of nitrogens with one attached hydrogen (secondary N) is 1. The summed E-state index contributed by atoms with van der Waals surface area (Å²) < 4.78 is 32.1. The molecule has 2 saturated heterocycles. The van der Waals surface area contributed by atoms with Crippen LogP contribution in [0.25, 0.3) is 0 Å². The molecule has 0 bridgehead atoms. The molecular formula is C21H39NO16S. The summed E-state index contributed by atoms with van der Waals surface area (Å²) in [5.74, 6) is -0.575. The van der Waals surface area contributed by atoms with Crippen LogP contribution in [0.3, 0.4) is 0 Å². The molecule has 2 aliphatic rings. The average Bonchev–Trinajstić information content (AvgIpc) is 2.90. The van der Waals surface area contributed by atoms with Gasteiger partial charge in [-0.3, -0.25) is 8.98 Å². The van der Waals surface area contributed by atoms with Crippen LogP contribution in [0.2, 0.25) is 0 Å². The van der Waals surface area contributed by atoms with Crippen molar-refractivity contribution < 1.29 is 78.6 Å². The summed E-state index contributed by atoms with van der Waals surface area (Å²) in [4.78, 5) is 11.7. The van der Waals surface area contributed by atoms with Crippen molar-refractivity contribution >= 4 is 18.8 Å². The maximum Gasteiger partial charge on any atom is 0.217 e. The van der Waals surface area contributed by atoms with Crippen LogP contribution in [0, 0.1) is 0 Å². The largest absolute Gasteiger partial charge is 0.394 e. The van der Waals surface area contributed by atoms with E-state index in [0.717, 1.165) is 6.92 Å². The van der Waals surface area contributed by atoms with Crippen LogP contribution in [0.4, 0.5) is 0 Å². The molecule has 2 heterocycles. The Balaban J connectivity index is 2.24. The van der Waals surface area contributed by atoms with Crippen LogP contribution in [0.5, 0.6) is 0 Å². The molecule has 39 heavy (non-hydrogen) atoms. The number of amides is 1. The van der Waals surface area contributed by atoms with E-state index in [-0.39, 0.29) is 0 Å². The third-order valence-electron chi connectivity index (χ3n) is 6.24. The topological polar surface area (TPSA) is 267 Å². The second-order valence-electron chi connectivity index (χ2n) is 9.21. The Labute approximate surface area is 229 Å². The Morgan fingerprint density at radius 3 is 2.08 bits per heavy atom. The van der Waals surface area contributed by atoms with Crippen LogP contribution in [0.15, 0.2) is 0 Å². The molecule has 2 rings (SSSR count). The molecule has 0 aromatic heterocycles. The van der Waals surface area contributed by atoms with Crippen LogP contribution in [0.1, 0.15) is 13.8 Å². The van der Waals surface area contributed by atoms with Gasteiger partial charge in [-0.15, -0.1) is 0 Å². The molecule has 12 unspecified atom stereocenters. The van der Waals surface area contributed by atoms with Gasteiger partial charge in [0, 0.05) is 6.92 Å². The summed E-state index contributed by atoms with van der Waals surface area (Å²) in [5, 5.41) is 92.9. The zero-order valence-electron chi connectivity index (χ0n) is 21.2. The number of carbonyl (C=O) groups is 1. The first-order valence-electron chi connectivity index (χ1n) is 12.1. The Morgan fingerprint density at radius 2 is 1.56 bits per heavy atom. The van der Waals surface area contributed by atoms with E-state index in [1.807, 2.05) is 0 Å². The Kier molecular flexibility index (Phi) is 14.1. The molecular weight excluding hydrogens is 554 g/mol. The number of carbonyl (C=O) groups excluding carboxylic acids is 1. The van der Waals surface area contributed by atoms with Gasteiger partial charge in [0.15, 0.2) is 18.9 Å². The number of rotatable bonds is 14. The molecule has 2 aliphatic heterocycles. The highest BCUT2D eigenvalue weighted by Gasteiger charge is 2.49. The van der Waals surface area contributed by atoms with Crippen molar-refractivity contribution in [3.8, 4) is 0 Å². The molecule has 0 aliphatic carbocycles. The lowest BCUT2D eigenvalue weighted by Crippen LogP contribution is -2.66. The molecule has 18 heteroatoms. The van der Waals surface area contributed by atoms with Gasteiger partial charge in [0.1, 0.15) is 61.0 Å². The van der Waals surface area contributed by atoms with E-state index in [9.17, 15) is 50.8 Å². The predicted molar refractivity (Wildman–Crippen MR) is 127 cm³/mol. The highest BCUT2D eigenvalue weighted by atomic mass is 32.1. The van der Waals surface area contributed by atoms with Crippen LogP contribution >= 0.6 is 12.9 Å². The van der Waals surface area contributed by atoms with Crippen LogP contribution in [-0.2, 0) is 32.7 Å². The van der Waals surface area contributed by atoms with E-state index >= 15 is 0 Å². The summed E-state index contributed by atoms with van der Waals surface area (Å²) in [7, 11) is 0. The van der Waals surface area contributed by atoms with E-state index in [1.54, 1.807) is 0 Å². The van der Waals surface area contributed by atoms with Crippen molar-refractivity contribution in [1.82, 2.24) is 5.32 Å². The highest BCUT2D eigenvalue weighted by molar-refractivity contribution is 7.75. The van der Waals surface area contributed by atoms with Crippen molar-refractivity contribution in [2.45, 2.75) is 99.8 Å². The smallest absolute Gasteiger partial charge is 0.217 e. The first-order valence-corrected chi connectivity index (χ1v) is 12.5. The zero-order chi connectivity index (χ0) is 29.4. The number of aliphatic hydroxyl groups is 9. The maximum absolute atomic E-state index is 11.7. The Hall–Kier alpha value is -0.780. The van der Waals surface area contributed by atoms with Gasteiger partial charge in [-0.05, 0) is 19.8 Å². The lowest BCUT2D eigenvalue weighted by atomic mass is 9.96. The number of aliphatic hydroxyl groups excluding tert-OH is 9. The van der Waals surface area contributed by atoms with Gasteiger partial charge >= 0.3 is 0 Å². The zero-order valence-corrected chi connectivity index (χ0v) is 22.1. The van der Waals surface area contributed by atoms with E-state index in [4.69, 9.17) is 27.9 Å². The fraction of sp³-hybridized carbons (Fsp3) is 0.952. The van der Waals surface area contributed by atoms with E-state index in [2.05, 4.69) is 18.2 Å². The molecule has 0 radical (unpaired) electrons. The van der Waals surface area contributed by atoms with E-state index < -0.39 is 118 Å². The molecule has 0 spiro atoms. The monoisotopic (exact) mass is 593 g/mol. The number of ether oxygens (including phenoxy) is 5. The van der Waals surface area contributed by atoms with Gasteiger partial charge in [0.05, 0.1) is 32.5 Å². The summed E-state index contributed by atoms with van der Waals surface area (Å²) >= 11 is 3.66.